The largest absolute Gasteiger partial charge is 0.356 e. The maximum atomic E-state index is 11.4. The second kappa shape index (κ2) is 5.14. The Hall–Kier alpha value is -1.89. The first-order chi connectivity index (χ1) is 10.3. The molecule has 2 aliphatic rings. The Balaban J connectivity index is 1.48. The lowest BCUT2D eigenvalue weighted by Gasteiger charge is -2.35. The van der Waals surface area contributed by atoms with Crippen LogP contribution in [-0.4, -0.2) is 45.3 Å². The minimum atomic E-state index is -0.241. The summed E-state index contributed by atoms with van der Waals surface area (Å²) >= 11 is 0. The van der Waals surface area contributed by atoms with Crippen molar-refractivity contribution in [1.29, 1.82) is 0 Å². The first kappa shape index (κ1) is 12.8. The molecule has 0 amide bonds. The molecule has 2 aromatic rings. The van der Waals surface area contributed by atoms with Gasteiger partial charge in [0, 0.05) is 25.2 Å². The molecule has 0 spiro atoms. The van der Waals surface area contributed by atoms with E-state index < -0.39 is 0 Å². The van der Waals surface area contributed by atoms with E-state index in [0.29, 0.717) is 11.7 Å². The van der Waals surface area contributed by atoms with Gasteiger partial charge in [0.05, 0.1) is 0 Å². The first-order valence-electron chi connectivity index (χ1n) is 7.72. The fourth-order valence-electron chi connectivity index (χ4n) is 3.62. The summed E-state index contributed by atoms with van der Waals surface area (Å²) in [6, 6.07) is 2.60. The van der Waals surface area contributed by atoms with E-state index in [1.807, 2.05) is 6.07 Å². The monoisotopic (exact) mass is 288 g/mol. The summed E-state index contributed by atoms with van der Waals surface area (Å²) in [7, 11) is 0. The molecule has 21 heavy (non-hydrogen) atoms. The van der Waals surface area contributed by atoms with E-state index in [1.54, 1.807) is 6.33 Å². The predicted octanol–water partition coefficient (Wildman–Crippen LogP) is 0.386. The second-order valence-corrected chi connectivity index (χ2v) is 6.03. The SMILES string of the molecule is O=c1[nH]nc2cc(N3CCC(C4CCCN4)CC3)ncn12. The zero-order valence-corrected chi connectivity index (χ0v) is 12.0. The molecule has 2 N–H and O–H groups in total. The lowest BCUT2D eigenvalue weighted by Crippen LogP contribution is -2.41. The zero-order valence-electron chi connectivity index (χ0n) is 12.0. The molecule has 2 fully saturated rings. The van der Waals surface area contributed by atoms with Crippen LogP contribution >= 0.6 is 0 Å². The minimum Gasteiger partial charge on any atom is -0.356 e. The van der Waals surface area contributed by atoms with Crippen molar-refractivity contribution in [1.82, 2.24) is 24.9 Å². The van der Waals surface area contributed by atoms with Gasteiger partial charge in [-0.05, 0) is 38.1 Å². The lowest BCUT2D eigenvalue weighted by atomic mass is 9.88. The van der Waals surface area contributed by atoms with Crippen molar-refractivity contribution in [2.75, 3.05) is 24.5 Å². The Labute approximate surface area is 122 Å². The van der Waals surface area contributed by atoms with Crippen molar-refractivity contribution < 1.29 is 0 Å². The van der Waals surface area contributed by atoms with Crippen LogP contribution in [0.15, 0.2) is 17.2 Å². The normalized spacial score (nSPS) is 24.0. The van der Waals surface area contributed by atoms with E-state index >= 15 is 0 Å². The molecule has 0 saturated carbocycles. The van der Waals surface area contributed by atoms with Crippen molar-refractivity contribution in [2.45, 2.75) is 31.7 Å². The highest BCUT2D eigenvalue weighted by Gasteiger charge is 2.28. The number of hydrogen-bond acceptors (Lipinski definition) is 5. The van der Waals surface area contributed by atoms with Gasteiger partial charge in [-0.15, -0.1) is 0 Å². The summed E-state index contributed by atoms with van der Waals surface area (Å²) in [5.74, 6) is 1.71. The molecule has 7 heteroatoms. The lowest BCUT2D eigenvalue weighted by molar-refractivity contribution is 0.318. The molecule has 0 aliphatic carbocycles. The summed E-state index contributed by atoms with van der Waals surface area (Å²) in [4.78, 5) is 18.1. The van der Waals surface area contributed by atoms with Crippen LogP contribution < -0.4 is 15.9 Å². The highest BCUT2D eigenvalue weighted by atomic mass is 16.1. The maximum absolute atomic E-state index is 11.4. The summed E-state index contributed by atoms with van der Waals surface area (Å²) in [6.07, 6.45) is 6.61. The molecule has 0 bridgehead atoms. The van der Waals surface area contributed by atoms with E-state index in [4.69, 9.17) is 0 Å². The van der Waals surface area contributed by atoms with Gasteiger partial charge in [-0.2, -0.15) is 5.10 Å². The molecule has 112 valence electrons. The van der Waals surface area contributed by atoms with Crippen LogP contribution in [0.4, 0.5) is 5.82 Å². The van der Waals surface area contributed by atoms with Crippen LogP contribution in [0.2, 0.25) is 0 Å². The number of hydrogen-bond donors (Lipinski definition) is 2. The predicted molar refractivity (Wildman–Crippen MR) is 79.6 cm³/mol. The van der Waals surface area contributed by atoms with Crippen molar-refractivity contribution in [3.63, 3.8) is 0 Å². The Morgan fingerprint density at radius 2 is 2.10 bits per heavy atom. The van der Waals surface area contributed by atoms with E-state index in [1.165, 1.54) is 36.6 Å². The second-order valence-electron chi connectivity index (χ2n) is 6.03. The van der Waals surface area contributed by atoms with E-state index in [0.717, 1.165) is 24.8 Å². The molecule has 1 atom stereocenters. The van der Waals surface area contributed by atoms with Crippen molar-refractivity contribution >= 4 is 11.5 Å². The molecule has 0 radical (unpaired) electrons. The average molecular weight is 288 g/mol. The van der Waals surface area contributed by atoms with Crippen LogP contribution in [-0.2, 0) is 0 Å². The summed E-state index contributed by atoms with van der Waals surface area (Å²) in [5, 5.41) is 10.1. The Morgan fingerprint density at radius 1 is 1.24 bits per heavy atom. The number of aromatic nitrogens is 4. The van der Waals surface area contributed by atoms with Gasteiger partial charge in [-0.1, -0.05) is 0 Å². The van der Waals surface area contributed by atoms with Crippen molar-refractivity contribution in [2.24, 2.45) is 5.92 Å². The molecule has 2 saturated heterocycles. The Morgan fingerprint density at radius 3 is 2.86 bits per heavy atom. The van der Waals surface area contributed by atoms with Crippen LogP contribution in [0.3, 0.4) is 0 Å². The van der Waals surface area contributed by atoms with Crippen molar-refractivity contribution in [3.05, 3.63) is 22.9 Å². The molecule has 7 nitrogen and oxygen atoms in total. The smallest absolute Gasteiger partial charge is 0.348 e. The van der Waals surface area contributed by atoms with Gasteiger partial charge in [0.1, 0.15) is 12.1 Å². The third-order valence-electron chi connectivity index (χ3n) is 4.83. The van der Waals surface area contributed by atoms with Gasteiger partial charge >= 0.3 is 5.69 Å². The first-order valence-corrected chi connectivity index (χ1v) is 7.72. The number of piperidine rings is 1. The third-order valence-corrected chi connectivity index (χ3v) is 4.83. The van der Waals surface area contributed by atoms with E-state index in [9.17, 15) is 4.79 Å². The maximum Gasteiger partial charge on any atom is 0.348 e. The molecule has 2 aromatic heterocycles. The summed E-state index contributed by atoms with van der Waals surface area (Å²) < 4.78 is 1.43. The van der Waals surface area contributed by atoms with Crippen LogP contribution in [0, 0.1) is 5.92 Å². The highest BCUT2D eigenvalue weighted by Crippen LogP contribution is 2.27. The molecule has 2 aliphatic heterocycles. The van der Waals surface area contributed by atoms with Gasteiger partial charge in [0.2, 0.25) is 0 Å². The number of nitrogens with zero attached hydrogens (tertiary/aromatic N) is 4. The van der Waals surface area contributed by atoms with Gasteiger partial charge in [0.25, 0.3) is 0 Å². The third kappa shape index (κ3) is 2.31. The average Bonchev–Trinajstić information content (AvgIpc) is 3.18. The highest BCUT2D eigenvalue weighted by molar-refractivity contribution is 5.50. The number of nitrogens with one attached hydrogen (secondary N) is 2. The number of H-pyrrole nitrogens is 1. The molecule has 4 heterocycles. The quantitative estimate of drug-likeness (QED) is 0.835. The number of anilines is 1. The Kier molecular flexibility index (Phi) is 3.14. The van der Waals surface area contributed by atoms with E-state index in [-0.39, 0.29) is 5.69 Å². The Bertz CT molecular complexity index is 678. The van der Waals surface area contributed by atoms with Crippen LogP contribution in [0.25, 0.3) is 5.65 Å². The fourth-order valence-corrected chi connectivity index (χ4v) is 3.62. The molecule has 1 unspecified atom stereocenters. The molecule has 4 rings (SSSR count). The summed E-state index contributed by atoms with van der Waals surface area (Å²) in [5.41, 5.74) is 0.389. The standard InChI is InChI=1S/C14H20N6O/c21-14-18-17-13-8-12(16-9-20(13)14)19-6-3-10(4-7-19)11-2-1-5-15-11/h8-11,15H,1-7H2,(H,18,21). The summed E-state index contributed by atoms with van der Waals surface area (Å²) in [6.45, 7) is 3.23. The van der Waals surface area contributed by atoms with Gasteiger partial charge in [-0.3, -0.25) is 0 Å². The van der Waals surface area contributed by atoms with Gasteiger partial charge in [-0.25, -0.2) is 19.3 Å². The molecular formula is C14H20N6O. The van der Waals surface area contributed by atoms with Gasteiger partial charge < -0.3 is 10.2 Å². The molecule has 0 aromatic carbocycles. The number of aromatic amines is 1. The van der Waals surface area contributed by atoms with Crippen molar-refractivity contribution in [3.8, 4) is 0 Å². The zero-order chi connectivity index (χ0) is 14.2. The molecular weight excluding hydrogens is 268 g/mol. The number of rotatable bonds is 2. The fraction of sp³-hybridized carbons (Fsp3) is 0.643. The number of fused-ring (bicyclic) bond motifs is 1. The van der Waals surface area contributed by atoms with E-state index in [2.05, 4.69) is 25.4 Å². The van der Waals surface area contributed by atoms with Crippen LogP contribution in [0.1, 0.15) is 25.7 Å². The van der Waals surface area contributed by atoms with Gasteiger partial charge in [0.15, 0.2) is 5.65 Å². The topological polar surface area (TPSA) is 78.3 Å². The van der Waals surface area contributed by atoms with Crippen LogP contribution in [0.5, 0.6) is 0 Å². The minimum absolute atomic E-state index is 0.241.